The Morgan fingerprint density at radius 3 is 2.35 bits per heavy atom. The zero-order valence-corrected chi connectivity index (χ0v) is 15.0. The maximum absolute atomic E-state index is 13.7. The van der Waals surface area contributed by atoms with Gasteiger partial charge in [-0.3, -0.25) is 4.79 Å². The van der Waals surface area contributed by atoms with Crippen LogP contribution in [0.15, 0.2) is 47.4 Å². The number of amides is 1. The fourth-order valence-electron chi connectivity index (χ4n) is 1.94. The number of hydrogen-bond acceptors (Lipinski definition) is 5. The maximum atomic E-state index is 13.7. The number of esters is 1. The molecule has 0 aliphatic carbocycles. The van der Waals surface area contributed by atoms with Gasteiger partial charge in [-0.05, 0) is 43.3 Å². The summed E-state index contributed by atoms with van der Waals surface area (Å²) in [5.74, 6) is -2.65. The molecule has 1 atom stereocenters. The third-order valence-electron chi connectivity index (χ3n) is 3.27. The smallest absolute Gasteiger partial charge is 0.343 e. The number of hydrogen-bond donors (Lipinski definition) is 2. The lowest BCUT2D eigenvalue weighted by Crippen LogP contribution is -2.30. The van der Waals surface area contributed by atoms with E-state index in [9.17, 15) is 22.4 Å². The predicted octanol–water partition coefficient (Wildman–Crippen LogP) is 2.31. The van der Waals surface area contributed by atoms with Crippen molar-refractivity contribution in [3.8, 4) is 0 Å². The molecule has 0 saturated carbocycles. The molecule has 138 valence electrons. The first-order valence-corrected chi connectivity index (χ1v) is 9.10. The summed E-state index contributed by atoms with van der Waals surface area (Å²) in [5, 5.41) is 7.27. The Hall–Kier alpha value is -2.49. The number of carbonyl (C=O) groups excluding carboxylic acids is 2. The number of ether oxygens (including phenoxy) is 1. The molecule has 0 fully saturated rings. The van der Waals surface area contributed by atoms with E-state index in [-0.39, 0.29) is 15.6 Å². The molecule has 3 N–H and O–H groups in total. The van der Waals surface area contributed by atoms with Gasteiger partial charge in [0.05, 0.1) is 9.92 Å². The summed E-state index contributed by atoms with van der Waals surface area (Å²) >= 11 is 5.77. The maximum Gasteiger partial charge on any atom is 0.343 e. The molecule has 0 heterocycles. The molecule has 2 rings (SSSR count). The zero-order valence-electron chi connectivity index (χ0n) is 13.4. The number of carbonyl (C=O) groups is 2. The van der Waals surface area contributed by atoms with Crippen molar-refractivity contribution < 1.29 is 27.1 Å². The van der Waals surface area contributed by atoms with Crippen molar-refractivity contribution in [1.82, 2.24) is 0 Å². The van der Waals surface area contributed by atoms with Crippen molar-refractivity contribution in [1.29, 1.82) is 0 Å². The largest absolute Gasteiger partial charge is 0.449 e. The Morgan fingerprint density at radius 2 is 1.81 bits per heavy atom. The Kier molecular flexibility index (Phi) is 5.96. The lowest BCUT2D eigenvalue weighted by Gasteiger charge is -2.14. The van der Waals surface area contributed by atoms with E-state index in [1.807, 2.05) is 0 Å². The monoisotopic (exact) mass is 400 g/mol. The summed E-state index contributed by atoms with van der Waals surface area (Å²) < 4.78 is 41.0. The molecule has 0 aliphatic heterocycles. The summed E-state index contributed by atoms with van der Waals surface area (Å²) in [6.45, 7) is 1.29. The molecule has 0 saturated heterocycles. The highest BCUT2D eigenvalue weighted by Crippen LogP contribution is 2.20. The van der Waals surface area contributed by atoms with Gasteiger partial charge in [0.2, 0.25) is 10.0 Å². The van der Waals surface area contributed by atoms with Gasteiger partial charge in [-0.25, -0.2) is 22.7 Å². The number of halogens is 2. The Bertz CT molecular complexity index is 927. The molecule has 10 heteroatoms. The molecule has 2 aromatic carbocycles. The van der Waals surface area contributed by atoms with Crippen LogP contribution in [0.25, 0.3) is 0 Å². The molecule has 0 bridgehead atoms. The number of rotatable bonds is 5. The molecular formula is C16H14ClFN2O5S. The van der Waals surface area contributed by atoms with E-state index in [1.165, 1.54) is 43.3 Å². The van der Waals surface area contributed by atoms with Gasteiger partial charge in [0.1, 0.15) is 11.4 Å². The Labute approximate surface area is 154 Å². The van der Waals surface area contributed by atoms with Gasteiger partial charge in [-0.1, -0.05) is 17.7 Å². The zero-order chi connectivity index (χ0) is 19.5. The highest BCUT2D eigenvalue weighted by atomic mass is 35.5. The number of anilines is 1. The van der Waals surface area contributed by atoms with Crippen LogP contribution in [0, 0.1) is 5.82 Å². The van der Waals surface area contributed by atoms with E-state index < -0.39 is 39.4 Å². The van der Waals surface area contributed by atoms with E-state index in [0.717, 1.165) is 6.07 Å². The molecule has 0 aliphatic rings. The molecule has 2 aromatic rings. The third-order valence-corrected chi connectivity index (χ3v) is 4.51. The lowest BCUT2D eigenvalue weighted by molar-refractivity contribution is -0.123. The molecule has 0 radical (unpaired) electrons. The van der Waals surface area contributed by atoms with E-state index in [1.54, 1.807) is 0 Å². The molecule has 7 nitrogen and oxygen atoms in total. The van der Waals surface area contributed by atoms with Crippen LogP contribution in [0.4, 0.5) is 10.1 Å². The first-order valence-electron chi connectivity index (χ1n) is 7.18. The van der Waals surface area contributed by atoms with Gasteiger partial charge >= 0.3 is 5.97 Å². The van der Waals surface area contributed by atoms with Crippen molar-refractivity contribution in [3.05, 3.63) is 58.9 Å². The molecule has 0 spiro atoms. The third kappa shape index (κ3) is 4.78. The predicted molar refractivity (Wildman–Crippen MR) is 92.7 cm³/mol. The fourth-order valence-corrected chi connectivity index (χ4v) is 2.69. The SMILES string of the molecule is C[C@H](OC(=O)c1c(F)cccc1Cl)C(=O)Nc1ccc(S(N)(=O)=O)cc1. The second kappa shape index (κ2) is 7.81. The molecule has 26 heavy (non-hydrogen) atoms. The van der Waals surface area contributed by atoms with Crippen LogP contribution in [0.1, 0.15) is 17.3 Å². The summed E-state index contributed by atoms with van der Waals surface area (Å²) in [6.07, 6.45) is -1.25. The van der Waals surface area contributed by atoms with Crippen molar-refractivity contribution in [2.24, 2.45) is 5.14 Å². The summed E-state index contributed by atoms with van der Waals surface area (Å²) in [7, 11) is -3.85. The van der Waals surface area contributed by atoms with Crippen molar-refractivity contribution in [3.63, 3.8) is 0 Å². The van der Waals surface area contributed by atoms with E-state index in [2.05, 4.69) is 5.32 Å². The highest BCUT2D eigenvalue weighted by Gasteiger charge is 2.23. The molecule has 1 amide bonds. The quantitative estimate of drug-likeness (QED) is 0.747. The van der Waals surface area contributed by atoms with Crippen LogP contribution in [-0.2, 0) is 19.6 Å². The van der Waals surface area contributed by atoms with E-state index in [4.69, 9.17) is 21.5 Å². The van der Waals surface area contributed by atoms with Crippen LogP contribution in [0.3, 0.4) is 0 Å². The van der Waals surface area contributed by atoms with Gasteiger partial charge in [0.25, 0.3) is 5.91 Å². The molecule has 0 unspecified atom stereocenters. The number of primary sulfonamides is 1. The van der Waals surface area contributed by atoms with Crippen LogP contribution < -0.4 is 10.5 Å². The average Bonchev–Trinajstić information content (AvgIpc) is 2.54. The number of benzene rings is 2. The lowest BCUT2D eigenvalue weighted by atomic mass is 10.2. The minimum absolute atomic E-state index is 0.121. The van der Waals surface area contributed by atoms with Gasteiger partial charge in [0, 0.05) is 5.69 Å². The summed E-state index contributed by atoms with van der Waals surface area (Å²) in [4.78, 5) is 24.0. The summed E-state index contributed by atoms with van der Waals surface area (Å²) in [6, 6.07) is 8.75. The fraction of sp³-hybridized carbons (Fsp3) is 0.125. The normalized spacial score (nSPS) is 12.3. The van der Waals surface area contributed by atoms with Crippen LogP contribution >= 0.6 is 11.6 Å². The minimum Gasteiger partial charge on any atom is -0.449 e. The molecular weight excluding hydrogens is 387 g/mol. The van der Waals surface area contributed by atoms with Gasteiger partial charge in [0.15, 0.2) is 6.10 Å². The standard InChI is InChI=1S/C16H14ClFN2O5S/c1-9(25-16(22)14-12(17)3-2-4-13(14)18)15(21)20-10-5-7-11(8-6-10)26(19,23)24/h2-9H,1H3,(H,20,21)(H2,19,23,24)/t9-/m0/s1. The second-order valence-electron chi connectivity index (χ2n) is 5.20. The Balaban J connectivity index is 2.05. The molecule has 0 aromatic heterocycles. The summed E-state index contributed by atoms with van der Waals surface area (Å²) in [5.41, 5.74) is -0.208. The number of sulfonamides is 1. The topological polar surface area (TPSA) is 116 Å². The average molecular weight is 401 g/mol. The van der Waals surface area contributed by atoms with E-state index >= 15 is 0 Å². The highest BCUT2D eigenvalue weighted by molar-refractivity contribution is 7.89. The van der Waals surface area contributed by atoms with Crippen LogP contribution in [0.5, 0.6) is 0 Å². The van der Waals surface area contributed by atoms with Crippen molar-refractivity contribution in [2.75, 3.05) is 5.32 Å². The minimum atomic E-state index is -3.85. The first-order chi connectivity index (χ1) is 12.1. The van der Waals surface area contributed by atoms with Crippen molar-refractivity contribution >= 4 is 39.2 Å². The van der Waals surface area contributed by atoms with Crippen molar-refractivity contribution in [2.45, 2.75) is 17.9 Å². The van der Waals surface area contributed by atoms with Gasteiger partial charge in [-0.2, -0.15) is 0 Å². The van der Waals surface area contributed by atoms with Crippen LogP contribution in [-0.4, -0.2) is 26.4 Å². The van der Waals surface area contributed by atoms with Gasteiger partial charge in [-0.15, -0.1) is 0 Å². The van der Waals surface area contributed by atoms with E-state index in [0.29, 0.717) is 0 Å². The Morgan fingerprint density at radius 1 is 1.19 bits per heavy atom. The second-order valence-corrected chi connectivity index (χ2v) is 7.17. The number of nitrogens with one attached hydrogen (secondary N) is 1. The van der Waals surface area contributed by atoms with Gasteiger partial charge < -0.3 is 10.1 Å². The first kappa shape index (κ1) is 19.8. The van der Waals surface area contributed by atoms with Crippen LogP contribution in [0.2, 0.25) is 5.02 Å². The number of nitrogens with two attached hydrogens (primary N) is 1.